The topological polar surface area (TPSA) is 41.1 Å². The Morgan fingerprint density at radius 2 is 2.11 bits per heavy atom. The fourth-order valence-corrected chi connectivity index (χ4v) is 2.44. The molecule has 2 aliphatic rings. The van der Waals surface area contributed by atoms with Gasteiger partial charge in [-0.25, -0.2) is 9.97 Å². The van der Waals surface area contributed by atoms with Gasteiger partial charge in [-0.15, -0.1) is 0 Å². The molecule has 0 saturated heterocycles. The molecule has 1 atom stereocenters. The molecule has 4 heteroatoms. The van der Waals surface area contributed by atoms with Crippen LogP contribution in [-0.4, -0.2) is 29.1 Å². The smallest absolute Gasteiger partial charge is 0.225 e. The third kappa shape index (κ3) is 3.06. The Bertz CT molecular complexity index is 451. The second-order valence-electron chi connectivity index (χ2n) is 6.12. The van der Waals surface area contributed by atoms with Crippen LogP contribution in [0.5, 0.6) is 0 Å². The van der Waals surface area contributed by atoms with Gasteiger partial charge in [0.1, 0.15) is 0 Å². The van der Waals surface area contributed by atoms with Crippen LogP contribution in [0, 0.1) is 12.8 Å². The molecule has 0 aromatic carbocycles. The highest BCUT2D eigenvalue weighted by Crippen LogP contribution is 2.35. The predicted octanol–water partition coefficient (Wildman–Crippen LogP) is 2.27. The van der Waals surface area contributed by atoms with E-state index in [1.54, 1.807) is 0 Å². The van der Waals surface area contributed by atoms with Gasteiger partial charge in [0.15, 0.2) is 0 Å². The van der Waals surface area contributed by atoms with Crippen molar-refractivity contribution >= 4 is 5.95 Å². The Kier molecular flexibility index (Phi) is 3.44. The molecular formula is C15H24N4. The lowest BCUT2D eigenvalue weighted by molar-refractivity contribution is 0.595. The number of nitrogens with zero attached hydrogens (tertiary/aromatic N) is 3. The quantitative estimate of drug-likeness (QED) is 0.852. The highest BCUT2D eigenvalue weighted by atomic mass is 15.3. The first-order chi connectivity index (χ1) is 9.15. The van der Waals surface area contributed by atoms with Crippen molar-refractivity contribution in [2.24, 2.45) is 5.92 Å². The van der Waals surface area contributed by atoms with Crippen LogP contribution in [0.15, 0.2) is 6.20 Å². The Hall–Kier alpha value is -1.16. The second-order valence-corrected chi connectivity index (χ2v) is 6.12. The van der Waals surface area contributed by atoms with E-state index in [2.05, 4.69) is 41.1 Å². The van der Waals surface area contributed by atoms with Crippen molar-refractivity contribution in [2.45, 2.75) is 58.2 Å². The van der Waals surface area contributed by atoms with E-state index in [4.69, 9.17) is 0 Å². The molecule has 2 aliphatic carbocycles. The van der Waals surface area contributed by atoms with Gasteiger partial charge in [-0.2, -0.15) is 0 Å². The van der Waals surface area contributed by atoms with Gasteiger partial charge in [0, 0.05) is 43.1 Å². The lowest BCUT2D eigenvalue weighted by atomic mass is 10.2. The molecule has 4 nitrogen and oxygen atoms in total. The maximum absolute atomic E-state index is 4.68. The highest BCUT2D eigenvalue weighted by Gasteiger charge is 2.31. The van der Waals surface area contributed by atoms with Crippen molar-refractivity contribution in [3.8, 4) is 0 Å². The molecule has 0 radical (unpaired) electrons. The Morgan fingerprint density at radius 3 is 2.68 bits per heavy atom. The molecule has 1 aromatic rings. The first-order valence-electron chi connectivity index (χ1n) is 7.44. The third-order valence-electron chi connectivity index (χ3n) is 4.46. The van der Waals surface area contributed by atoms with Gasteiger partial charge in [0.2, 0.25) is 5.95 Å². The molecule has 104 valence electrons. The molecule has 1 heterocycles. The average Bonchev–Trinajstić information content (AvgIpc) is 3.28. The van der Waals surface area contributed by atoms with E-state index in [1.165, 1.54) is 31.2 Å². The zero-order chi connectivity index (χ0) is 13.4. The van der Waals surface area contributed by atoms with Crippen LogP contribution in [0.2, 0.25) is 0 Å². The molecule has 1 unspecified atom stereocenters. The summed E-state index contributed by atoms with van der Waals surface area (Å²) < 4.78 is 0. The van der Waals surface area contributed by atoms with Crippen molar-refractivity contribution in [1.29, 1.82) is 0 Å². The fraction of sp³-hybridized carbons (Fsp3) is 0.733. The van der Waals surface area contributed by atoms with Crippen molar-refractivity contribution < 1.29 is 0 Å². The van der Waals surface area contributed by atoms with Crippen LogP contribution < -0.4 is 10.2 Å². The Labute approximate surface area is 115 Å². The number of rotatable bonds is 6. The second kappa shape index (κ2) is 5.08. The summed E-state index contributed by atoms with van der Waals surface area (Å²) in [6.45, 7) is 5.27. The zero-order valence-electron chi connectivity index (χ0n) is 12.2. The molecule has 0 spiro atoms. The lowest BCUT2D eigenvalue weighted by Crippen LogP contribution is -2.32. The summed E-state index contributed by atoms with van der Waals surface area (Å²) in [7, 11) is 2.11. The minimum absolute atomic E-state index is 0.551. The van der Waals surface area contributed by atoms with Gasteiger partial charge in [-0.1, -0.05) is 0 Å². The molecular weight excluding hydrogens is 236 g/mol. The van der Waals surface area contributed by atoms with Crippen LogP contribution in [0.25, 0.3) is 0 Å². The molecule has 1 N–H and O–H groups in total. The lowest BCUT2D eigenvalue weighted by Gasteiger charge is -2.25. The summed E-state index contributed by atoms with van der Waals surface area (Å²) in [6, 6.07) is 1.28. The van der Waals surface area contributed by atoms with Crippen molar-refractivity contribution in [2.75, 3.05) is 11.9 Å². The monoisotopic (exact) mass is 260 g/mol. The summed E-state index contributed by atoms with van der Waals surface area (Å²) in [5, 5.41) is 3.52. The van der Waals surface area contributed by atoms with Crippen molar-refractivity contribution in [1.82, 2.24) is 15.3 Å². The number of nitrogens with one attached hydrogen (secondary N) is 1. The normalized spacial score (nSPS) is 20.4. The molecule has 0 aliphatic heterocycles. The largest absolute Gasteiger partial charge is 0.341 e. The fourth-order valence-electron chi connectivity index (χ4n) is 2.44. The van der Waals surface area contributed by atoms with Crippen LogP contribution in [-0.2, 0) is 6.54 Å². The van der Waals surface area contributed by atoms with E-state index in [-0.39, 0.29) is 0 Å². The molecule has 1 aromatic heterocycles. The van der Waals surface area contributed by atoms with Crippen LogP contribution in [0.3, 0.4) is 0 Å². The molecule has 2 fully saturated rings. The molecule has 2 saturated carbocycles. The number of aromatic nitrogens is 2. The highest BCUT2D eigenvalue weighted by molar-refractivity contribution is 5.33. The summed E-state index contributed by atoms with van der Waals surface area (Å²) in [4.78, 5) is 11.4. The van der Waals surface area contributed by atoms with Gasteiger partial charge in [0.25, 0.3) is 0 Å². The molecule has 19 heavy (non-hydrogen) atoms. The predicted molar refractivity (Wildman–Crippen MR) is 77.2 cm³/mol. The Balaban J connectivity index is 1.66. The van der Waals surface area contributed by atoms with E-state index in [1.807, 2.05) is 6.20 Å². The SMILES string of the molecule is Cc1nc(N(C)C(C)C2CC2)ncc1CNC1CC1. The van der Waals surface area contributed by atoms with E-state index in [0.717, 1.165) is 30.1 Å². The molecule has 0 amide bonds. The summed E-state index contributed by atoms with van der Waals surface area (Å²) in [5.74, 6) is 1.71. The van der Waals surface area contributed by atoms with Gasteiger partial charge in [-0.05, 0) is 45.4 Å². The van der Waals surface area contributed by atoms with E-state index >= 15 is 0 Å². The van der Waals surface area contributed by atoms with Crippen molar-refractivity contribution in [3.05, 3.63) is 17.5 Å². The summed E-state index contributed by atoms with van der Waals surface area (Å²) in [5.41, 5.74) is 2.33. The van der Waals surface area contributed by atoms with E-state index in [0.29, 0.717) is 6.04 Å². The standard InChI is InChI=1S/C15H24N4/c1-10-13(8-16-14-6-7-14)9-17-15(18-10)19(3)11(2)12-4-5-12/h9,11-12,14,16H,4-8H2,1-3H3. The Morgan fingerprint density at radius 1 is 1.37 bits per heavy atom. The number of anilines is 1. The van der Waals surface area contributed by atoms with Crippen LogP contribution in [0.1, 0.15) is 43.9 Å². The zero-order valence-corrected chi connectivity index (χ0v) is 12.2. The number of aryl methyl sites for hydroxylation is 1. The minimum Gasteiger partial charge on any atom is -0.341 e. The first kappa shape index (κ1) is 12.9. The van der Waals surface area contributed by atoms with Crippen molar-refractivity contribution in [3.63, 3.8) is 0 Å². The molecule has 0 bridgehead atoms. The van der Waals surface area contributed by atoms with Crippen LogP contribution in [0.4, 0.5) is 5.95 Å². The minimum atomic E-state index is 0.551. The average molecular weight is 260 g/mol. The van der Waals surface area contributed by atoms with Gasteiger partial charge in [-0.3, -0.25) is 0 Å². The van der Waals surface area contributed by atoms with Gasteiger partial charge >= 0.3 is 0 Å². The van der Waals surface area contributed by atoms with Gasteiger partial charge < -0.3 is 10.2 Å². The third-order valence-corrected chi connectivity index (χ3v) is 4.46. The maximum atomic E-state index is 4.68. The maximum Gasteiger partial charge on any atom is 0.225 e. The first-order valence-corrected chi connectivity index (χ1v) is 7.44. The number of hydrogen-bond acceptors (Lipinski definition) is 4. The summed E-state index contributed by atoms with van der Waals surface area (Å²) in [6.07, 6.45) is 7.34. The van der Waals surface area contributed by atoms with Gasteiger partial charge in [0.05, 0.1) is 0 Å². The molecule has 3 rings (SSSR count). The number of hydrogen-bond donors (Lipinski definition) is 1. The van der Waals surface area contributed by atoms with E-state index in [9.17, 15) is 0 Å². The summed E-state index contributed by atoms with van der Waals surface area (Å²) >= 11 is 0. The van der Waals surface area contributed by atoms with Crippen LogP contribution >= 0.6 is 0 Å². The van der Waals surface area contributed by atoms with E-state index < -0.39 is 0 Å².